The number of anilines is 1. The number of rotatable bonds is 3. The first-order valence-electron chi connectivity index (χ1n) is 8.00. The molecule has 0 aliphatic carbocycles. The molecule has 28 heavy (non-hydrogen) atoms. The lowest BCUT2D eigenvalue weighted by atomic mass is 9.99. The van der Waals surface area contributed by atoms with Crippen LogP contribution in [-0.4, -0.2) is 17.1 Å². The normalized spacial score (nSPS) is 12.2. The highest BCUT2D eigenvalue weighted by atomic mass is 19.4. The number of nitrogens with one attached hydrogen (secondary N) is 2. The summed E-state index contributed by atoms with van der Waals surface area (Å²) in [4.78, 5) is 2.81. The lowest BCUT2D eigenvalue weighted by Gasteiger charge is -2.14. The first kappa shape index (κ1) is 19.7. The Hall–Kier alpha value is -3.10. The van der Waals surface area contributed by atoms with E-state index in [-0.39, 0.29) is 23.1 Å². The molecule has 3 N–H and O–H groups in total. The highest BCUT2D eigenvalue weighted by molar-refractivity contribution is 5.90. The van der Waals surface area contributed by atoms with Gasteiger partial charge in [-0.2, -0.15) is 26.3 Å². The average molecular weight is 400 g/mol. The number of hydrogen-bond acceptors (Lipinski definition) is 2. The second-order valence-corrected chi connectivity index (χ2v) is 6.01. The number of benzene rings is 2. The predicted molar refractivity (Wildman–Crippen MR) is 92.9 cm³/mol. The zero-order chi connectivity index (χ0) is 20.7. The minimum Gasteiger partial charge on any atom is -0.505 e. The molecule has 0 saturated carbocycles. The van der Waals surface area contributed by atoms with E-state index in [4.69, 9.17) is 0 Å². The summed E-state index contributed by atoms with van der Waals surface area (Å²) in [5.41, 5.74) is -2.82. The Morgan fingerprint density at radius 1 is 0.821 bits per heavy atom. The zero-order valence-electron chi connectivity index (χ0n) is 14.3. The molecule has 0 aliphatic rings. The lowest BCUT2D eigenvalue weighted by molar-refractivity contribution is -0.143. The van der Waals surface area contributed by atoms with Crippen molar-refractivity contribution < 1.29 is 31.4 Å². The highest BCUT2D eigenvalue weighted by Crippen LogP contribution is 2.46. The largest absolute Gasteiger partial charge is 0.505 e. The Labute approximate surface area is 155 Å². The van der Waals surface area contributed by atoms with Crippen molar-refractivity contribution in [2.45, 2.75) is 12.4 Å². The SMILES string of the molecule is CNc1[nH]c(-c2ccccc2)c(O)c1-c1cc(C(F)(F)F)cc(C(F)(F)F)c1. The monoisotopic (exact) mass is 400 g/mol. The minimum atomic E-state index is -4.98. The lowest BCUT2D eigenvalue weighted by Crippen LogP contribution is -2.11. The quantitative estimate of drug-likeness (QED) is 0.463. The number of alkyl halides is 6. The smallest absolute Gasteiger partial charge is 0.416 e. The topological polar surface area (TPSA) is 48.0 Å². The number of aromatic nitrogens is 1. The van der Waals surface area contributed by atoms with Gasteiger partial charge in [-0.15, -0.1) is 0 Å². The van der Waals surface area contributed by atoms with Gasteiger partial charge in [0.1, 0.15) is 5.82 Å². The van der Waals surface area contributed by atoms with Crippen LogP contribution in [0.4, 0.5) is 32.2 Å². The summed E-state index contributed by atoms with van der Waals surface area (Å²) in [7, 11) is 1.43. The maximum Gasteiger partial charge on any atom is 0.416 e. The standard InChI is InChI=1S/C19H14F6N2O/c1-26-17-14(16(28)15(27-17)10-5-3-2-4-6-10)11-7-12(18(20,21)22)9-13(8-11)19(23,24)25/h2-9,26-28H,1H3. The third-order valence-electron chi connectivity index (χ3n) is 4.16. The van der Waals surface area contributed by atoms with E-state index >= 15 is 0 Å². The molecule has 1 aromatic heterocycles. The Morgan fingerprint density at radius 2 is 1.36 bits per heavy atom. The summed E-state index contributed by atoms with van der Waals surface area (Å²) in [6.45, 7) is 0. The summed E-state index contributed by atoms with van der Waals surface area (Å²) in [6.07, 6.45) is -9.96. The first-order chi connectivity index (χ1) is 13.0. The van der Waals surface area contributed by atoms with E-state index in [9.17, 15) is 31.4 Å². The molecule has 0 saturated heterocycles. The number of aromatic hydroxyl groups is 1. The molecule has 0 radical (unpaired) electrons. The second-order valence-electron chi connectivity index (χ2n) is 6.01. The first-order valence-corrected chi connectivity index (χ1v) is 8.00. The van der Waals surface area contributed by atoms with Crippen LogP contribution in [0, 0.1) is 0 Å². The molecule has 0 spiro atoms. The molecule has 9 heteroatoms. The fourth-order valence-corrected chi connectivity index (χ4v) is 2.87. The molecule has 0 amide bonds. The van der Waals surface area contributed by atoms with Crippen molar-refractivity contribution in [2.75, 3.05) is 12.4 Å². The minimum absolute atomic E-state index is 0.0460. The van der Waals surface area contributed by atoms with Gasteiger partial charge < -0.3 is 15.4 Å². The van der Waals surface area contributed by atoms with Gasteiger partial charge in [-0.05, 0) is 23.8 Å². The van der Waals surface area contributed by atoms with Crippen molar-refractivity contribution in [3.63, 3.8) is 0 Å². The Balaban J connectivity index is 2.27. The summed E-state index contributed by atoms with van der Waals surface area (Å²) < 4.78 is 78.9. The van der Waals surface area contributed by atoms with E-state index in [1.807, 2.05) is 0 Å². The molecule has 0 fully saturated rings. The van der Waals surface area contributed by atoms with Crippen molar-refractivity contribution in [1.29, 1.82) is 0 Å². The molecule has 2 aromatic carbocycles. The van der Waals surface area contributed by atoms with Gasteiger partial charge in [0.15, 0.2) is 5.75 Å². The average Bonchev–Trinajstić information content (AvgIpc) is 2.97. The second kappa shape index (κ2) is 6.81. The molecule has 0 bridgehead atoms. The number of hydrogen-bond donors (Lipinski definition) is 3. The summed E-state index contributed by atoms with van der Waals surface area (Å²) in [6, 6.07) is 9.57. The maximum atomic E-state index is 13.2. The van der Waals surface area contributed by atoms with E-state index in [1.54, 1.807) is 30.3 Å². The van der Waals surface area contributed by atoms with E-state index in [0.29, 0.717) is 17.7 Å². The van der Waals surface area contributed by atoms with Crippen molar-refractivity contribution in [3.05, 3.63) is 59.7 Å². The fraction of sp³-hybridized carbons (Fsp3) is 0.158. The summed E-state index contributed by atoms with van der Waals surface area (Å²) in [5.74, 6) is -0.369. The summed E-state index contributed by atoms with van der Waals surface area (Å²) >= 11 is 0. The number of halogens is 6. The Bertz CT molecular complexity index is 958. The molecule has 3 rings (SSSR count). The van der Waals surface area contributed by atoms with Gasteiger partial charge in [-0.1, -0.05) is 30.3 Å². The van der Waals surface area contributed by atoms with Gasteiger partial charge in [0.25, 0.3) is 0 Å². The fourth-order valence-electron chi connectivity index (χ4n) is 2.87. The van der Waals surface area contributed by atoms with Crippen LogP contribution in [0.1, 0.15) is 11.1 Å². The molecule has 3 nitrogen and oxygen atoms in total. The van der Waals surface area contributed by atoms with Crippen LogP contribution in [-0.2, 0) is 12.4 Å². The third kappa shape index (κ3) is 3.64. The van der Waals surface area contributed by atoms with Crippen molar-refractivity contribution >= 4 is 5.82 Å². The van der Waals surface area contributed by atoms with Crippen LogP contribution in [0.2, 0.25) is 0 Å². The zero-order valence-corrected chi connectivity index (χ0v) is 14.3. The van der Waals surface area contributed by atoms with Gasteiger partial charge in [0.05, 0.1) is 22.4 Å². The molecule has 0 aliphatic heterocycles. The van der Waals surface area contributed by atoms with Gasteiger partial charge in [-0.3, -0.25) is 0 Å². The Morgan fingerprint density at radius 3 is 1.82 bits per heavy atom. The predicted octanol–water partition coefficient (Wildman–Crippen LogP) is 6.13. The molecule has 0 unspecified atom stereocenters. The highest BCUT2D eigenvalue weighted by Gasteiger charge is 2.37. The van der Waals surface area contributed by atoms with E-state index < -0.39 is 34.8 Å². The van der Waals surface area contributed by atoms with Crippen LogP contribution in [0.15, 0.2) is 48.5 Å². The van der Waals surface area contributed by atoms with Crippen molar-refractivity contribution in [2.24, 2.45) is 0 Å². The van der Waals surface area contributed by atoms with Crippen LogP contribution >= 0.6 is 0 Å². The number of H-pyrrole nitrogens is 1. The van der Waals surface area contributed by atoms with E-state index in [2.05, 4.69) is 10.3 Å². The van der Waals surface area contributed by atoms with Crippen LogP contribution < -0.4 is 5.32 Å². The summed E-state index contributed by atoms with van der Waals surface area (Å²) in [5, 5.41) is 13.3. The van der Waals surface area contributed by atoms with Crippen molar-refractivity contribution in [1.82, 2.24) is 4.98 Å². The van der Waals surface area contributed by atoms with Gasteiger partial charge in [-0.25, -0.2) is 0 Å². The molecule has 148 valence electrons. The third-order valence-corrected chi connectivity index (χ3v) is 4.16. The van der Waals surface area contributed by atoms with E-state index in [1.165, 1.54) is 7.05 Å². The molecular formula is C19H14F6N2O. The molecule has 0 atom stereocenters. The van der Waals surface area contributed by atoms with Crippen LogP contribution in [0.3, 0.4) is 0 Å². The van der Waals surface area contributed by atoms with Crippen LogP contribution in [0.25, 0.3) is 22.4 Å². The number of aromatic amines is 1. The van der Waals surface area contributed by atoms with Gasteiger partial charge in [0.2, 0.25) is 0 Å². The van der Waals surface area contributed by atoms with Crippen LogP contribution in [0.5, 0.6) is 5.75 Å². The van der Waals surface area contributed by atoms with Gasteiger partial charge >= 0.3 is 12.4 Å². The Kier molecular flexibility index (Phi) is 4.78. The van der Waals surface area contributed by atoms with E-state index in [0.717, 1.165) is 0 Å². The molecule has 1 heterocycles. The molecular weight excluding hydrogens is 386 g/mol. The molecule has 3 aromatic rings. The van der Waals surface area contributed by atoms with Crippen molar-refractivity contribution in [3.8, 4) is 28.1 Å². The van der Waals surface area contributed by atoms with Gasteiger partial charge in [0, 0.05) is 12.6 Å². The maximum absolute atomic E-state index is 13.2.